The Morgan fingerprint density at radius 2 is 2.33 bits per heavy atom. The molecule has 1 amide bonds. The van der Waals surface area contributed by atoms with Crippen LogP contribution < -0.4 is 11.1 Å². The van der Waals surface area contributed by atoms with Crippen molar-refractivity contribution in [1.29, 1.82) is 0 Å². The molecule has 2 aromatic rings. The second kappa shape index (κ2) is 5.73. The number of aromatic nitrogens is 2. The molecule has 1 heterocycles. The molecule has 0 radical (unpaired) electrons. The van der Waals surface area contributed by atoms with E-state index in [1.54, 1.807) is 12.1 Å². The molecule has 0 atom stereocenters. The number of rotatable bonds is 6. The lowest BCUT2D eigenvalue weighted by Gasteiger charge is -2.19. The van der Waals surface area contributed by atoms with Crippen LogP contribution in [-0.4, -0.2) is 46.7 Å². The van der Waals surface area contributed by atoms with Gasteiger partial charge in [0.05, 0.1) is 5.52 Å². The van der Waals surface area contributed by atoms with Crippen LogP contribution in [0.5, 0.6) is 0 Å². The van der Waals surface area contributed by atoms with Crippen LogP contribution in [0.4, 0.5) is 5.69 Å². The molecule has 3 rings (SSSR count). The van der Waals surface area contributed by atoms with E-state index in [1.807, 2.05) is 6.07 Å². The molecule has 4 N–H and O–H groups in total. The zero-order valence-corrected chi connectivity index (χ0v) is 12.2. The van der Waals surface area contributed by atoms with Crippen LogP contribution in [0.1, 0.15) is 30.3 Å². The molecule has 112 valence electrons. The fourth-order valence-electron chi connectivity index (χ4n) is 2.64. The Kier molecular flexibility index (Phi) is 3.79. The summed E-state index contributed by atoms with van der Waals surface area (Å²) >= 11 is 0. The number of carbonyl (C=O) groups is 1. The minimum Gasteiger partial charge on any atom is -0.399 e. The number of H-pyrrole nitrogens is 1. The second-order valence-electron chi connectivity index (χ2n) is 5.49. The molecule has 1 saturated carbocycles. The predicted molar refractivity (Wildman–Crippen MR) is 83.1 cm³/mol. The number of fused-ring (bicyclic) bond motifs is 1. The molecule has 21 heavy (non-hydrogen) atoms. The van der Waals surface area contributed by atoms with Crippen LogP contribution in [0.15, 0.2) is 18.2 Å². The Morgan fingerprint density at radius 1 is 1.52 bits per heavy atom. The fourth-order valence-corrected chi connectivity index (χ4v) is 2.64. The van der Waals surface area contributed by atoms with Gasteiger partial charge in [-0.15, -0.1) is 0 Å². The number of likely N-dealkylation sites (N-methyl/N-ethyl adjacent to an activating group) is 1. The topological polar surface area (TPSA) is 87.0 Å². The predicted octanol–water partition coefficient (Wildman–Crippen LogP) is 1.36. The number of carbonyl (C=O) groups excluding carboxylic acids is 1. The number of hydrogen-bond acceptors (Lipinski definition) is 4. The van der Waals surface area contributed by atoms with E-state index in [2.05, 4.69) is 27.3 Å². The van der Waals surface area contributed by atoms with Gasteiger partial charge < -0.3 is 11.1 Å². The number of nitrogen functional groups attached to an aromatic ring is 1. The highest BCUT2D eigenvalue weighted by Crippen LogP contribution is 2.25. The first-order valence-corrected chi connectivity index (χ1v) is 7.45. The number of nitrogens with one attached hydrogen (secondary N) is 2. The van der Waals surface area contributed by atoms with E-state index >= 15 is 0 Å². The van der Waals surface area contributed by atoms with Gasteiger partial charge in [0.25, 0.3) is 5.91 Å². The molecular weight excluding hydrogens is 266 g/mol. The van der Waals surface area contributed by atoms with Crippen molar-refractivity contribution in [2.75, 3.05) is 25.4 Å². The van der Waals surface area contributed by atoms with E-state index < -0.39 is 0 Å². The maximum Gasteiger partial charge on any atom is 0.272 e. The van der Waals surface area contributed by atoms with E-state index in [9.17, 15) is 4.79 Å². The third kappa shape index (κ3) is 3.00. The van der Waals surface area contributed by atoms with E-state index in [0.717, 1.165) is 30.0 Å². The largest absolute Gasteiger partial charge is 0.399 e. The highest BCUT2D eigenvalue weighted by Gasteiger charge is 2.27. The van der Waals surface area contributed by atoms with Crippen LogP contribution in [-0.2, 0) is 0 Å². The summed E-state index contributed by atoms with van der Waals surface area (Å²) in [6.45, 7) is 4.71. The number of nitrogens with two attached hydrogens (primary N) is 1. The van der Waals surface area contributed by atoms with Crippen molar-refractivity contribution in [1.82, 2.24) is 20.4 Å². The Balaban J connectivity index is 1.62. The molecule has 0 spiro atoms. The Bertz CT molecular complexity index is 647. The maximum atomic E-state index is 12.2. The van der Waals surface area contributed by atoms with Crippen molar-refractivity contribution in [2.24, 2.45) is 0 Å². The normalized spacial score (nSPS) is 14.8. The summed E-state index contributed by atoms with van der Waals surface area (Å²) in [6, 6.07) is 6.12. The number of hydrogen-bond donors (Lipinski definition) is 3. The lowest BCUT2D eigenvalue weighted by molar-refractivity contribution is 0.0944. The fraction of sp³-hybridized carbons (Fsp3) is 0.467. The summed E-state index contributed by atoms with van der Waals surface area (Å²) in [7, 11) is 0. The first kappa shape index (κ1) is 13.9. The van der Waals surface area contributed by atoms with Gasteiger partial charge in [-0.25, -0.2) is 0 Å². The summed E-state index contributed by atoms with van der Waals surface area (Å²) < 4.78 is 0. The zero-order chi connectivity index (χ0) is 14.8. The Morgan fingerprint density at radius 3 is 3.05 bits per heavy atom. The molecule has 1 aromatic carbocycles. The third-order valence-corrected chi connectivity index (χ3v) is 3.96. The van der Waals surface area contributed by atoms with Crippen molar-refractivity contribution in [3.8, 4) is 0 Å². The molecule has 1 aromatic heterocycles. The van der Waals surface area contributed by atoms with Crippen LogP contribution >= 0.6 is 0 Å². The van der Waals surface area contributed by atoms with Crippen LogP contribution in [0.25, 0.3) is 10.9 Å². The summed E-state index contributed by atoms with van der Waals surface area (Å²) in [5.74, 6) is -0.154. The standard InChI is InChI=1S/C15H21N5O/c1-2-20(11-4-5-11)8-7-17-15(21)14-12-9-10(16)3-6-13(12)18-19-14/h3,6,9,11H,2,4-5,7-8,16H2,1H3,(H,17,21)(H,18,19). The highest BCUT2D eigenvalue weighted by atomic mass is 16.1. The summed E-state index contributed by atoms with van der Waals surface area (Å²) in [6.07, 6.45) is 2.57. The first-order valence-electron chi connectivity index (χ1n) is 7.45. The van der Waals surface area contributed by atoms with Gasteiger partial charge in [-0.3, -0.25) is 14.8 Å². The van der Waals surface area contributed by atoms with Crippen LogP contribution in [0.2, 0.25) is 0 Å². The lowest BCUT2D eigenvalue weighted by Crippen LogP contribution is -2.36. The zero-order valence-electron chi connectivity index (χ0n) is 12.2. The minimum absolute atomic E-state index is 0.154. The van der Waals surface area contributed by atoms with Crippen molar-refractivity contribution in [3.05, 3.63) is 23.9 Å². The molecule has 6 nitrogen and oxygen atoms in total. The van der Waals surface area contributed by atoms with Crippen molar-refractivity contribution < 1.29 is 4.79 Å². The van der Waals surface area contributed by atoms with E-state index in [-0.39, 0.29) is 5.91 Å². The van der Waals surface area contributed by atoms with Crippen LogP contribution in [0.3, 0.4) is 0 Å². The number of benzene rings is 1. The Labute approximate surface area is 123 Å². The van der Waals surface area contributed by atoms with Gasteiger partial charge in [-0.1, -0.05) is 6.92 Å². The smallest absolute Gasteiger partial charge is 0.272 e. The summed E-state index contributed by atoms with van der Waals surface area (Å²) in [4.78, 5) is 14.6. The SMILES string of the molecule is CCN(CCNC(=O)c1n[nH]c2ccc(N)cc12)C1CC1. The number of nitrogens with zero attached hydrogens (tertiary/aromatic N) is 2. The van der Waals surface area contributed by atoms with Gasteiger partial charge in [0.15, 0.2) is 5.69 Å². The van der Waals surface area contributed by atoms with Gasteiger partial charge in [0.2, 0.25) is 0 Å². The van der Waals surface area contributed by atoms with E-state index in [4.69, 9.17) is 5.73 Å². The molecule has 6 heteroatoms. The lowest BCUT2D eigenvalue weighted by atomic mass is 10.2. The quantitative estimate of drug-likeness (QED) is 0.700. The van der Waals surface area contributed by atoms with Gasteiger partial charge in [0.1, 0.15) is 0 Å². The molecule has 1 fully saturated rings. The summed E-state index contributed by atoms with van der Waals surface area (Å²) in [5, 5.41) is 10.7. The van der Waals surface area contributed by atoms with E-state index in [0.29, 0.717) is 17.9 Å². The first-order chi connectivity index (χ1) is 10.2. The average molecular weight is 287 g/mol. The second-order valence-corrected chi connectivity index (χ2v) is 5.49. The molecule has 1 aliphatic carbocycles. The average Bonchev–Trinajstić information content (AvgIpc) is 3.23. The highest BCUT2D eigenvalue weighted by molar-refractivity contribution is 6.05. The summed E-state index contributed by atoms with van der Waals surface area (Å²) in [5.41, 5.74) is 7.63. The molecule has 0 unspecified atom stereocenters. The number of amides is 1. The monoisotopic (exact) mass is 287 g/mol. The molecule has 0 saturated heterocycles. The Hall–Kier alpha value is -2.08. The van der Waals surface area contributed by atoms with Gasteiger partial charge in [-0.2, -0.15) is 5.10 Å². The van der Waals surface area contributed by atoms with Crippen molar-refractivity contribution >= 4 is 22.5 Å². The number of aromatic amines is 1. The molecule has 1 aliphatic rings. The molecule has 0 aliphatic heterocycles. The van der Waals surface area contributed by atoms with Gasteiger partial charge in [0, 0.05) is 30.2 Å². The van der Waals surface area contributed by atoms with Crippen LogP contribution in [0, 0.1) is 0 Å². The van der Waals surface area contributed by atoms with Gasteiger partial charge >= 0.3 is 0 Å². The number of anilines is 1. The minimum atomic E-state index is -0.154. The van der Waals surface area contributed by atoms with Gasteiger partial charge in [-0.05, 0) is 37.6 Å². The van der Waals surface area contributed by atoms with E-state index in [1.165, 1.54) is 12.8 Å². The molecular formula is C15H21N5O. The van der Waals surface area contributed by atoms with Crippen molar-refractivity contribution in [2.45, 2.75) is 25.8 Å². The van der Waals surface area contributed by atoms with Crippen molar-refractivity contribution in [3.63, 3.8) is 0 Å². The molecule has 0 bridgehead atoms. The maximum absolute atomic E-state index is 12.2. The third-order valence-electron chi connectivity index (χ3n) is 3.96.